The Morgan fingerprint density at radius 1 is 1.14 bits per heavy atom. The van der Waals surface area contributed by atoms with Gasteiger partial charge in [0.25, 0.3) is 0 Å². The number of aryl methyl sites for hydroxylation is 1. The minimum absolute atomic E-state index is 0.0158. The van der Waals surface area contributed by atoms with Gasteiger partial charge in [0.05, 0.1) is 12.2 Å². The van der Waals surface area contributed by atoms with Crippen molar-refractivity contribution in [3.05, 3.63) is 66.6 Å². The maximum absolute atomic E-state index is 11.4. The SMILES string of the molecule is CCNC(=O)CCC/C=C\C[C@H]1C(O)CC(O)[C@@H]1/C=C/[CH]CCc1ccccc1. The molecule has 0 heterocycles. The summed E-state index contributed by atoms with van der Waals surface area (Å²) in [4.78, 5) is 11.4. The Kier molecular flexibility index (Phi) is 10.7. The number of hydrogen-bond acceptors (Lipinski definition) is 3. The van der Waals surface area contributed by atoms with E-state index in [0.29, 0.717) is 19.4 Å². The normalized spacial score (nSPS) is 24.5. The van der Waals surface area contributed by atoms with E-state index in [0.717, 1.165) is 32.1 Å². The Morgan fingerprint density at radius 3 is 2.69 bits per heavy atom. The summed E-state index contributed by atoms with van der Waals surface area (Å²) in [6.45, 7) is 2.60. The van der Waals surface area contributed by atoms with Gasteiger partial charge in [-0.05, 0) is 56.9 Å². The summed E-state index contributed by atoms with van der Waals surface area (Å²) in [5.41, 5.74) is 1.32. The molecule has 1 amide bonds. The maximum atomic E-state index is 11.4. The number of unbranched alkanes of at least 4 members (excludes halogenated alkanes) is 2. The Hall–Kier alpha value is -1.91. The average molecular weight is 399 g/mol. The van der Waals surface area contributed by atoms with Crippen LogP contribution in [0.4, 0.5) is 0 Å². The van der Waals surface area contributed by atoms with Gasteiger partial charge in [0, 0.05) is 25.3 Å². The van der Waals surface area contributed by atoms with Crippen LogP contribution in [0, 0.1) is 18.3 Å². The number of allylic oxidation sites excluding steroid dienone is 3. The van der Waals surface area contributed by atoms with Crippen molar-refractivity contribution < 1.29 is 15.0 Å². The van der Waals surface area contributed by atoms with Gasteiger partial charge >= 0.3 is 0 Å². The average Bonchev–Trinajstić information content (AvgIpc) is 2.98. The number of carbonyl (C=O) groups excluding carboxylic acids is 1. The van der Waals surface area contributed by atoms with Crippen molar-refractivity contribution in [1.82, 2.24) is 5.32 Å². The van der Waals surface area contributed by atoms with E-state index in [2.05, 4.69) is 54.2 Å². The van der Waals surface area contributed by atoms with E-state index in [-0.39, 0.29) is 17.7 Å². The molecule has 1 aromatic rings. The second-order valence-electron chi connectivity index (χ2n) is 7.81. The molecule has 4 atom stereocenters. The second-order valence-corrected chi connectivity index (χ2v) is 7.81. The highest BCUT2D eigenvalue weighted by Crippen LogP contribution is 2.36. The van der Waals surface area contributed by atoms with Gasteiger partial charge in [-0.3, -0.25) is 4.79 Å². The number of nitrogens with one attached hydrogen (secondary N) is 1. The number of aliphatic hydroxyl groups is 2. The second kappa shape index (κ2) is 13.3. The lowest BCUT2D eigenvalue weighted by Gasteiger charge is -2.19. The molecule has 4 heteroatoms. The van der Waals surface area contributed by atoms with Crippen LogP contribution in [-0.4, -0.2) is 34.9 Å². The molecule has 0 saturated heterocycles. The van der Waals surface area contributed by atoms with Gasteiger partial charge in [0.1, 0.15) is 0 Å². The predicted molar refractivity (Wildman–Crippen MR) is 118 cm³/mol. The molecule has 1 saturated carbocycles. The van der Waals surface area contributed by atoms with E-state index < -0.39 is 12.2 Å². The molecule has 1 aliphatic rings. The van der Waals surface area contributed by atoms with Crippen LogP contribution in [0.5, 0.6) is 0 Å². The maximum Gasteiger partial charge on any atom is 0.219 e. The first-order chi connectivity index (χ1) is 14.1. The van der Waals surface area contributed by atoms with E-state index in [9.17, 15) is 15.0 Å². The third-order valence-corrected chi connectivity index (χ3v) is 5.55. The standard InChI is InChI=1S/C25H36NO3/c1-2-26-25(29)18-12-4-3-10-16-21-22(24(28)19-23(21)27)17-11-6-9-15-20-13-7-5-8-14-20/h3,5-8,10-11,13-14,17,21-24,27-28H,2,4,9,12,15-16,18-19H2,1H3,(H,26,29)/b10-3-,17-11+/t21-,22-,23?,24?/m1/s1. The smallest absolute Gasteiger partial charge is 0.219 e. The largest absolute Gasteiger partial charge is 0.393 e. The van der Waals surface area contributed by atoms with Crippen LogP contribution >= 0.6 is 0 Å². The molecule has 159 valence electrons. The third kappa shape index (κ3) is 8.55. The molecule has 0 spiro atoms. The minimum atomic E-state index is -0.486. The van der Waals surface area contributed by atoms with Gasteiger partial charge in [-0.2, -0.15) is 0 Å². The first-order valence-corrected chi connectivity index (χ1v) is 10.9. The summed E-state index contributed by atoms with van der Waals surface area (Å²) >= 11 is 0. The topological polar surface area (TPSA) is 69.6 Å². The lowest BCUT2D eigenvalue weighted by Crippen LogP contribution is -2.21. The van der Waals surface area contributed by atoms with Crippen LogP contribution in [0.3, 0.4) is 0 Å². The molecule has 2 unspecified atom stereocenters. The monoisotopic (exact) mass is 398 g/mol. The number of aliphatic hydroxyl groups excluding tert-OH is 2. The molecule has 1 fully saturated rings. The number of rotatable bonds is 12. The molecule has 1 aliphatic carbocycles. The number of benzene rings is 1. The number of carbonyl (C=O) groups is 1. The van der Waals surface area contributed by atoms with E-state index in [1.54, 1.807) is 0 Å². The van der Waals surface area contributed by atoms with E-state index in [1.807, 2.05) is 19.1 Å². The summed E-state index contributed by atoms with van der Waals surface area (Å²) < 4.78 is 0. The van der Waals surface area contributed by atoms with Crippen molar-refractivity contribution in [3.8, 4) is 0 Å². The fourth-order valence-electron chi connectivity index (χ4n) is 3.94. The quantitative estimate of drug-likeness (QED) is 0.368. The fraction of sp³-hybridized carbons (Fsp3) is 0.520. The van der Waals surface area contributed by atoms with Crippen LogP contribution in [0.15, 0.2) is 54.6 Å². The molecule has 0 aliphatic heterocycles. The molecule has 29 heavy (non-hydrogen) atoms. The molecule has 0 aromatic heterocycles. The van der Waals surface area contributed by atoms with Gasteiger partial charge in [-0.15, -0.1) is 0 Å². The summed E-state index contributed by atoms with van der Waals surface area (Å²) in [6.07, 6.45) is 14.8. The predicted octanol–water partition coefficient (Wildman–Crippen LogP) is 3.99. The third-order valence-electron chi connectivity index (χ3n) is 5.55. The summed E-state index contributed by atoms with van der Waals surface area (Å²) in [5, 5.41) is 23.4. The van der Waals surface area contributed by atoms with Gasteiger partial charge in [0.15, 0.2) is 0 Å². The molecule has 1 aromatic carbocycles. The van der Waals surface area contributed by atoms with Crippen molar-refractivity contribution in [2.45, 2.75) is 64.1 Å². The zero-order valence-corrected chi connectivity index (χ0v) is 17.5. The molecule has 0 bridgehead atoms. The van der Waals surface area contributed by atoms with Crippen molar-refractivity contribution >= 4 is 5.91 Å². The van der Waals surface area contributed by atoms with E-state index in [4.69, 9.17) is 0 Å². The van der Waals surface area contributed by atoms with Crippen molar-refractivity contribution in [3.63, 3.8) is 0 Å². The molecule has 1 radical (unpaired) electrons. The van der Waals surface area contributed by atoms with Crippen molar-refractivity contribution in [2.75, 3.05) is 6.54 Å². The highest BCUT2D eigenvalue weighted by atomic mass is 16.3. The molecule has 3 N–H and O–H groups in total. The van der Waals surface area contributed by atoms with Crippen LogP contribution in [-0.2, 0) is 11.2 Å². The summed E-state index contributed by atoms with van der Waals surface area (Å²) in [6, 6.07) is 10.4. The van der Waals surface area contributed by atoms with Crippen LogP contribution < -0.4 is 5.32 Å². The van der Waals surface area contributed by atoms with Gasteiger partial charge in [0.2, 0.25) is 5.91 Å². The minimum Gasteiger partial charge on any atom is -0.393 e. The van der Waals surface area contributed by atoms with E-state index in [1.165, 1.54) is 5.56 Å². The highest BCUT2D eigenvalue weighted by molar-refractivity contribution is 5.75. The zero-order chi connectivity index (χ0) is 20.9. The molecule has 2 rings (SSSR count). The Balaban J connectivity index is 1.71. The number of amides is 1. The summed E-state index contributed by atoms with van der Waals surface area (Å²) in [7, 11) is 0. The van der Waals surface area contributed by atoms with Crippen molar-refractivity contribution in [1.29, 1.82) is 0 Å². The van der Waals surface area contributed by atoms with E-state index >= 15 is 0 Å². The fourth-order valence-corrected chi connectivity index (χ4v) is 3.94. The molecular weight excluding hydrogens is 362 g/mol. The number of hydrogen-bond donors (Lipinski definition) is 3. The Morgan fingerprint density at radius 2 is 1.93 bits per heavy atom. The lowest BCUT2D eigenvalue weighted by atomic mass is 9.89. The Bertz CT molecular complexity index is 641. The first-order valence-electron chi connectivity index (χ1n) is 10.9. The molecule has 4 nitrogen and oxygen atoms in total. The van der Waals surface area contributed by atoms with Gasteiger partial charge in [-0.1, -0.05) is 54.6 Å². The van der Waals surface area contributed by atoms with Crippen LogP contribution in [0.25, 0.3) is 0 Å². The van der Waals surface area contributed by atoms with Crippen LogP contribution in [0.1, 0.15) is 51.0 Å². The van der Waals surface area contributed by atoms with Crippen LogP contribution in [0.2, 0.25) is 0 Å². The van der Waals surface area contributed by atoms with Gasteiger partial charge in [-0.25, -0.2) is 0 Å². The Labute approximate surface area is 175 Å². The lowest BCUT2D eigenvalue weighted by molar-refractivity contribution is -0.121. The first kappa shape index (κ1) is 23.4. The highest BCUT2D eigenvalue weighted by Gasteiger charge is 2.39. The van der Waals surface area contributed by atoms with Crippen molar-refractivity contribution in [2.24, 2.45) is 11.8 Å². The molecular formula is C25H36NO3. The van der Waals surface area contributed by atoms with Gasteiger partial charge < -0.3 is 15.5 Å². The zero-order valence-electron chi connectivity index (χ0n) is 17.5. The summed E-state index contributed by atoms with van der Waals surface area (Å²) in [5.74, 6) is 0.130.